The smallest absolute Gasteiger partial charge is 0.0577 e. The van der Waals surface area contributed by atoms with Crippen LogP contribution in [0.4, 0.5) is 0 Å². The quantitative estimate of drug-likeness (QED) is 0.593. The molecule has 0 aromatic heterocycles. The molecule has 28 heavy (non-hydrogen) atoms. The summed E-state index contributed by atoms with van der Waals surface area (Å²) < 4.78 is 0. The number of rotatable bonds is 5. The largest absolute Gasteiger partial charge is 0.393 e. The van der Waals surface area contributed by atoms with Crippen LogP contribution in [0, 0.1) is 40.4 Å². The van der Waals surface area contributed by atoms with Gasteiger partial charge in [-0.25, -0.2) is 0 Å². The molecule has 3 fully saturated rings. The van der Waals surface area contributed by atoms with E-state index in [9.17, 15) is 5.11 Å². The molecule has 0 radical (unpaired) electrons. The van der Waals surface area contributed by atoms with Gasteiger partial charge in [-0.1, -0.05) is 46.3 Å². The molecule has 8 atom stereocenters. The van der Waals surface area contributed by atoms with Crippen LogP contribution in [0.3, 0.4) is 0 Å². The van der Waals surface area contributed by atoms with Crippen LogP contribution in [0.15, 0.2) is 11.6 Å². The molecule has 1 N–H and O–H groups in total. The molecule has 0 spiro atoms. The minimum atomic E-state index is -0.0819. The molecule has 0 bridgehead atoms. The molecule has 0 saturated heterocycles. The van der Waals surface area contributed by atoms with Gasteiger partial charge in [-0.15, -0.1) is 0 Å². The van der Waals surface area contributed by atoms with E-state index in [1.165, 1.54) is 58.2 Å². The maximum atomic E-state index is 10.2. The number of fused-ring (bicyclic) bond motifs is 5. The van der Waals surface area contributed by atoms with Crippen molar-refractivity contribution in [3.8, 4) is 0 Å². The van der Waals surface area contributed by atoms with Crippen molar-refractivity contribution in [1.29, 1.82) is 0 Å². The summed E-state index contributed by atoms with van der Waals surface area (Å²) >= 11 is 0. The van der Waals surface area contributed by atoms with Crippen molar-refractivity contribution < 1.29 is 5.11 Å². The van der Waals surface area contributed by atoms with E-state index in [4.69, 9.17) is 0 Å². The standard InChI is InChI=1S/C26H45NO/c1-6-27(7-2)17-18(3)22-10-11-23-21-9-8-19-16-20(28)12-14-25(19,4)24(21)13-15-26(22,23)5/h8,18,20-24,28H,6-7,9-17H2,1-5H3/t18?,20-,21-,22+,23-,24-,25-,26+/m0/s1. The first-order chi connectivity index (χ1) is 13.3. The van der Waals surface area contributed by atoms with Gasteiger partial charge in [-0.05, 0) is 105 Å². The van der Waals surface area contributed by atoms with E-state index in [1.807, 2.05) is 0 Å². The predicted molar refractivity (Wildman–Crippen MR) is 118 cm³/mol. The van der Waals surface area contributed by atoms with Crippen LogP contribution in [0.2, 0.25) is 0 Å². The van der Waals surface area contributed by atoms with E-state index in [2.05, 4.69) is 45.6 Å². The lowest BCUT2D eigenvalue weighted by Gasteiger charge is -2.58. The van der Waals surface area contributed by atoms with Crippen LogP contribution in [-0.2, 0) is 0 Å². The Bertz CT molecular complexity index is 595. The summed E-state index contributed by atoms with van der Waals surface area (Å²) in [5.41, 5.74) is 2.55. The zero-order chi connectivity index (χ0) is 20.1. The van der Waals surface area contributed by atoms with Gasteiger partial charge in [0.1, 0.15) is 0 Å². The zero-order valence-electron chi connectivity index (χ0n) is 19.2. The molecule has 4 aliphatic carbocycles. The van der Waals surface area contributed by atoms with Crippen molar-refractivity contribution in [3.05, 3.63) is 11.6 Å². The maximum Gasteiger partial charge on any atom is 0.0577 e. The Hall–Kier alpha value is -0.340. The molecule has 0 aliphatic heterocycles. The van der Waals surface area contributed by atoms with Crippen molar-refractivity contribution in [2.24, 2.45) is 40.4 Å². The second-order valence-corrected chi connectivity index (χ2v) is 11.3. The summed E-state index contributed by atoms with van der Waals surface area (Å²) in [6.45, 7) is 16.1. The third-order valence-corrected chi connectivity index (χ3v) is 10.3. The number of hydrogen-bond acceptors (Lipinski definition) is 2. The van der Waals surface area contributed by atoms with Crippen molar-refractivity contribution in [2.45, 2.75) is 92.1 Å². The molecule has 160 valence electrons. The molecular weight excluding hydrogens is 342 g/mol. The van der Waals surface area contributed by atoms with E-state index >= 15 is 0 Å². The third-order valence-electron chi connectivity index (χ3n) is 10.3. The summed E-state index contributed by atoms with van der Waals surface area (Å²) in [4.78, 5) is 2.64. The highest BCUT2D eigenvalue weighted by Crippen LogP contribution is 2.67. The molecule has 4 aliphatic rings. The molecule has 3 saturated carbocycles. The van der Waals surface area contributed by atoms with Crippen LogP contribution < -0.4 is 0 Å². The fourth-order valence-electron chi connectivity index (χ4n) is 8.63. The lowest BCUT2D eigenvalue weighted by atomic mass is 9.47. The van der Waals surface area contributed by atoms with Crippen molar-refractivity contribution >= 4 is 0 Å². The van der Waals surface area contributed by atoms with Gasteiger partial charge in [-0.2, -0.15) is 0 Å². The number of allylic oxidation sites excluding steroid dienone is 1. The van der Waals surface area contributed by atoms with E-state index in [0.717, 1.165) is 42.4 Å². The summed E-state index contributed by atoms with van der Waals surface area (Å²) in [6.07, 6.45) is 12.8. The first-order valence-corrected chi connectivity index (χ1v) is 12.4. The Balaban J connectivity index is 1.54. The molecule has 1 unspecified atom stereocenters. The number of aliphatic hydroxyl groups is 1. The molecule has 2 nitrogen and oxygen atoms in total. The average Bonchev–Trinajstić information content (AvgIpc) is 3.04. The second kappa shape index (κ2) is 7.73. The molecule has 0 amide bonds. The lowest BCUT2D eigenvalue weighted by Crippen LogP contribution is -2.51. The molecular formula is C26H45NO. The topological polar surface area (TPSA) is 23.5 Å². The Labute approximate surface area is 174 Å². The highest BCUT2D eigenvalue weighted by molar-refractivity contribution is 5.25. The maximum absolute atomic E-state index is 10.2. The first kappa shape index (κ1) is 20.9. The van der Waals surface area contributed by atoms with Crippen LogP contribution in [-0.4, -0.2) is 35.7 Å². The van der Waals surface area contributed by atoms with Gasteiger partial charge in [0.05, 0.1) is 6.10 Å². The number of nitrogens with zero attached hydrogens (tertiary/aromatic N) is 1. The fraction of sp³-hybridized carbons (Fsp3) is 0.923. The molecule has 0 aromatic carbocycles. The van der Waals surface area contributed by atoms with Crippen LogP contribution in [0.25, 0.3) is 0 Å². The third kappa shape index (κ3) is 3.22. The van der Waals surface area contributed by atoms with Gasteiger partial charge >= 0.3 is 0 Å². The van der Waals surface area contributed by atoms with Crippen molar-refractivity contribution in [3.63, 3.8) is 0 Å². The SMILES string of the molecule is CCN(CC)CC(C)[C@H]1CC[C@H]2[C@@H]3CC=C4C[C@@H](O)CC[C@]4(C)[C@H]3CC[C@]12C. The van der Waals surface area contributed by atoms with Crippen molar-refractivity contribution in [2.75, 3.05) is 19.6 Å². The Morgan fingerprint density at radius 1 is 1.07 bits per heavy atom. The Morgan fingerprint density at radius 2 is 1.82 bits per heavy atom. The summed E-state index contributed by atoms with van der Waals surface area (Å²) in [5.74, 6) is 4.42. The van der Waals surface area contributed by atoms with Crippen molar-refractivity contribution in [1.82, 2.24) is 4.90 Å². The summed E-state index contributed by atoms with van der Waals surface area (Å²) in [7, 11) is 0. The van der Waals surface area contributed by atoms with Gasteiger partial charge in [0.15, 0.2) is 0 Å². The molecule has 0 heterocycles. The Kier molecular flexibility index (Phi) is 5.77. The fourth-order valence-corrected chi connectivity index (χ4v) is 8.63. The van der Waals surface area contributed by atoms with E-state index in [-0.39, 0.29) is 6.10 Å². The van der Waals surface area contributed by atoms with Gasteiger partial charge in [0.25, 0.3) is 0 Å². The minimum absolute atomic E-state index is 0.0819. The molecule has 2 heteroatoms. The highest BCUT2D eigenvalue weighted by Gasteiger charge is 2.59. The highest BCUT2D eigenvalue weighted by atomic mass is 16.3. The van der Waals surface area contributed by atoms with E-state index in [1.54, 1.807) is 5.57 Å². The predicted octanol–water partition coefficient (Wildman–Crippen LogP) is 5.90. The number of hydrogen-bond donors (Lipinski definition) is 1. The van der Waals surface area contributed by atoms with Crippen LogP contribution in [0.5, 0.6) is 0 Å². The first-order valence-electron chi connectivity index (χ1n) is 12.4. The van der Waals surface area contributed by atoms with Gasteiger partial charge in [0.2, 0.25) is 0 Å². The Morgan fingerprint density at radius 3 is 2.54 bits per heavy atom. The monoisotopic (exact) mass is 387 g/mol. The van der Waals surface area contributed by atoms with Gasteiger partial charge in [0, 0.05) is 6.54 Å². The molecule has 0 aromatic rings. The minimum Gasteiger partial charge on any atom is -0.393 e. The summed E-state index contributed by atoms with van der Waals surface area (Å²) in [6, 6.07) is 0. The zero-order valence-corrected chi connectivity index (χ0v) is 19.2. The lowest BCUT2D eigenvalue weighted by molar-refractivity contribution is -0.0583. The van der Waals surface area contributed by atoms with Gasteiger partial charge in [-0.3, -0.25) is 0 Å². The van der Waals surface area contributed by atoms with E-state index in [0.29, 0.717) is 10.8 Å². The molecule has 4 rings (SSSR count). The average molecular weight is 388 g/mol. The summed E-state index contributed by atoms with van der Waals surface area (Å²) in [5, 5.41) is 10.2. The van der Waals surface area contributed by atoms with Crippen LogP contribution in [0.1, 0.15) is 86.0 Å². The van der Waals surface area contributed by atoms with E-state index < -0.39 is 0 Å². The van der Waals surface area contributed by atoms with Gasteiger partial charge < -0.3 is 10.0 Å². The second-order valence-electron chi connectivity index (χ2n) is 11.3. The van der Waals surface area contributed by atoms with Crippen LogP contribution >= 0.6 is 0 Å². The number of aliphatic hydroxyl groups excluding tert-OH is 1. The normalized spacial score (nSPS) is 46.5.